The SMILES string of the molecule is CC1(C)CC([C@@H](CC(=O)N2C(=O)OC[C@@H]2c2ccccc2)c2ccc(Cl)cc2)CCO1. The van der Waals surface area contributed by atoms with E-state index in [4.69, 9.17) is 21.1 Å². The molecule has 2 amide bonds. The lowest BCUT2D eigenvalue weighted by atomic mass is 9.75. The Morgan fingerprint density at radius 1 is 1.16 bits per heavy atom. The van der Waals surface area contributed by atoms with Gasteiger partial charge in [-0.2, -0.15) is 0 Å². The Bertz CT molecular complexity index is 928. The minimum absolute atomic E-state index is 0.0298. The van der Waals surface area contributed by atoms with E-state index in [1.165, 1.54) is 4.90 Å². The topological polar surface area (TPSA) is 55.8 Å². The number of hydrogen-bond acceptors (Lipinski definition) is 4. The lowest BCUT2D eigenvalue weighted by Gasteiger charge is -2.39. The van der Waals surface area contributed by atoms with Crippen LogP contribution in [0.4, 0.5) is 4.79 Å². The molecule has 0 spiro atoms. The highest BCUT2D eigenvalue weighted by Gasteiger charge is 2.41. The van der Waals surface area contributed by atoms with Gasteiger partial charge in [-0.25, -0.2) is 9.69 Å². The second-order valence-corrected chi connectivity index (χ2v) is 9.43. The number of nitrogens with zero attached hydrogens (tertiary/aromatic N) is 1. The van der Waals surface area contributed by atoms with Gasteiger partial charge in [0.2, 0.25) is 5.91 Å². The molecule has 0 N–H and O–H groups in total. The van der Waals surface area contributed by atoms with Gasteiger partial charge in [0.25, 0.3) is 0 Å². The van der Waals surface area contributed by atoms with Crippen molar-refractivity contribution in [2.45, 2.75) is 50.7 Å². The fourth-order valence-electron chi connectivity index (χ4n) is 4.79. The van der Waals surface area contributed by atoms with Gasteiger partial charge in [-0.1, -0.05) is 54.1 Å². The van der Waals surface area contributed by atoms with E-state index in [-0.39, 0.29) is 36.4 Å². The number of ether oxygens (including phenoxy) is 2. The first-order valence-corrected chi connectivity index (χ1v) is 11.1. The zero-order valence-electron chi connectivity index (χ0n) is 17.9. The number of rotatable bonds is 5. The quantitative estimate of drug-likeness (QED) is 0.593. The van der Waals surface area contributed by atoms with E-state index in [0.29, 0.717) is 11.6 Å². The first-order valence-electron chi connectivity index (χ1n) is 10.8. The average Bonchev–Trinajstić information content (AvgIpc) is 3.14. The van der Waals surface area contributed by atoms with Crippen LogP contribution in [-0.2, 0) is 14.3 Å². The maximum atomic E-state index is 13.5. The second-order valence-electron chi connectivity index (χ2n) is 8.99. The molecule has 31 heavy (non-hydrogen) atoms. The first kappa shape index (κ1) is 21.8. The summed E-state index contributed by atoms with van der Waals surface area (Å²) in [7, 11) is 0. The monoisotopic (exact) mass is 441 g/mol. The van der Waals surface area contributed by atoms with Crippen molar-refractivity contribution in [2.24, 2.45) is 5.92 Å². The zero-order chi connectivity index (χ0) is 22.0. The third-order valence-electron chi connectivity index (χ3n) is 6.32. The van der Waals surface area contributed by atoms with E-state index in [2.05, 4.69) is 13.8 Å². The molecule has 3 atom stereocenters. The number of amides is 2. The van der Waals surface area contributed by atoms with Crippen LogP contribution in [0.5, 0.6) is 0 Å². The highest BCUT2D eigenvalue weighted by molar-refractivity contribution is 6.30. The standard InChI is InChI=1S/C25H28ClNO4/c1-25(2)15-19(12-13-31-25)21(17-8-10-20(26)11-9-17)14-23(28)27-22(16-30-24(27)29)18-6-4-3-5-7-18/h3-11,19,21-22H,12-16H2,1-2H3/t19?,21-,22+/m0/s1. The lowest BCUT2D eigenvalue weighted by molar-refractivity contribution is -0.131. The molecular weight excluding hydrogens is 414 g/mol. The molecule has 2 aromatic rings. The summed E-state index contributed by atoms with van der Waals surface area (Å²) in [5.74, 6) is 0.0287. The van der Waals surface area contributed by atoms with Crippen molar-refractivity contribution in [3.63, 3.8) is 0 Å². The van der Waals surface area contributed by atoms with E-state index in [1.54, 1.807) is 0 Å². The van der Waals surface area contributed by atoms with Crippen molar-refractivity contribution < 1.29 is 19.1 Å². The Balaban J connectivity index is 1.60. The van der Waals surface area contributed by atoms with Crippen LogP contribution in [0.1, 0.15) is 56.2 Å². The summed E-state index contributed by atoms with van der Waals surface area (Å²) in [5.41, 5.74) is 1.72. The molecule has 0 aromatic heterocycles. The molecular formula is C25H28ClNO4. The van der Waals surface area contributed by atoms with Gasteiger partial charge in [-0.05, 0) is 61.8 Å². The van der Waals surface area contributed by atoms with Crippen molar-refractivity contribution in [1.82, 2.24) is 4.90 Å². The minimum atomic E-state index is -0.569. The summed E-state index contributed by atoms with van der Waals surface area (Å²) >= 11 is 6.11. The van der Waals surface area contributed by atoms with Crippen LogP contribution < -0.4 is 0 Å². The van der Waals surface area contributed by atoms with Crippen molar-refractivity contribution in [3.05, 3.63) is 70.7 Å². The number of cyclic esters (lactones) is 1. The molecule has 0 aliphatic carbocycles. The summed E-state index contributed by atoms with van der Waals surface area (Å²) in [5, 5.41) is 0.661. The van der Waals surface area contributed by atoms with Gasteiger partial charge in [0, 0.05) is 18.1 Å². The Morgan fingerprint density at radius 3 is 2.55 bits per heavy atom. The average molecular weight is 442 g/mol. The fourth-order valence-corrected chi connectivity index (χ4v) is 4.92. The zero-order valence-corrected chi connectivity index (χ0v) is 18.7. The Labute approximate surface area is 188 Å². The van der Waals surface area contributed by atoms with E-state index in [9.17, 15) is 9.59 Å². The maximum absolute atomic E-state index is 13.5. The minimum Gasteiger partial charge on any atom is -0.446 e. The van der Waals surface area contributed by atoms with Crippen molar-refractivity contribution >= 4 is 23.6 Å². The van der Waals surface area contributed by atoms with E-state index < -0.39 is 12.1 Å². The molecule has 2 aliphatic heterocycles. The lowest BCUT2D eigenvalue weighted by Crippen LogP contribution is -2.39. The van der Waals surface area contributed by atoms with Crippen LogP contribution in [0, 0.1) is 5.92 Å². The molecule has 2 fully saturated rings. The highest BCUT2D eigenvalue weighted by Crippen LogP contribution is 2.41. The van der Waals surface area contributed by atoms with E-state index >= 15 is 0 Å². The number of hydrogen-bond donors (Lipinski definition) is 0. The van der Waals surface area contributed by atoms with Gasteiger partial charge in [0.1, 0.15) is 12.6 Å². The molecule has 2 heterocycles. The van der Waals surface area contributed by atoms with Gasteiger partial charge < -0.3 is 9.47 Å². The predicted octanol–water partition coefficient (Wildman–Crippen LogP) is 5.74. The van der Waals surface area contributed by atoms with E-state index in [1.807, 2.05) is 54.6 Å². The van der Waals surface area contributed by atoms with Crippen LogP contribution in [0.15, 0.2) is 54.6 Å². The number of carbonyl (C=O) groups excluding carboxylic acids is 2. The van der Waals surface area contributed by atoms with Gasteiger partial charge >= 0.3 is 6.09 Å². The van der Waals surface area contributed by atoms with Crippen molar-refractivity contribution in [1.29, 1.82) is 0 Å². The molecule has 6 heteroatoms. The molecule has 164 valence electrons. The van der Waals surface area contributed by atoms with Gasteiger partial charge in [-0.15, -0.1) is 0 Å². The second kappa shape index (κ2) is 9.01. The normalized spacial score (nSPS) is 24.0. The summed E-state index contributed by atoms with van der Waals surface area (Å²) in [6, 6.07) is 16.9. The molecule has 2 aliphatic rings. The van der Waals surface area contributed by atoms with Gasteiger partial charge in [0.05, 0.1) is 5.60 Å². The molecule has 4 rings (SSSR count). The molecule has 2 saturated heterocycles. The van der Waals surface area contributed by atoms with Crippen molar-refractivity contribution in [2.75, 3.05) is 13.2 Å². The molecule has 0 saturated carbocycles. The number of halogens is 1. The van der Waals surface area contributed by atoms with Gasteiger partial charge in [0.15, 0.2) is 0 Å². The third kappa shape index (κ3) is 4.94. The molecule has 2 aromatic carbocycles. The summed E-state index contributed by atoms with van der Waals surface area (Å²) < 4.78 is 11.2. The van der Waals surface area contributed by atoms with Gasteiger partial charge in [-0.3, -0.25) is 4.79 Å². The predicted molar refractivity (Wildman–Crippen MR) is 119 cm³/mol. The Morgan fingerprint density at radius 2 is 1.87 bits per heavy atom. The molecule has 0 bridgehead atoms. The van der Waals surface area contributed by atoms with Crippen molar-refractivity contribution in [3.8, 4) is 0 Å². The van der Waals surface area contributed by atoms with Crippen LogP contribution >= 0.6 is 11.6 Å². The largest absolute Gasteiger partial charge is 0.446 e. The molecule has 5 nitrogen and oxygen atoms in total. The third-order valence-corrected chi connectivity index (χ3v) is 6.58. The highest BCUT2D eigenvalue weighted by atomic mass is 35.5. The number of carbonyl (C=O) groups is 2. The van der Waals surface area contributed by atoms with Crippen LogP contribution in [-0.4, -0.2) is 35.7 Å². The Kier molecular flexibility index (Phi) is 6.35. The molecule has 1 unspecified atom stereocenters. The Hall–Kier alpha value is -2.37. The maximum Gasteiger partial charge on any atom is 0.417 e. The molecule has 0 radical (unpaired) electrons. The van der Waals surface area contributed by atoms with E-state index in [0.717, 1.165) is 24.0 Å². The van der Waals surface area contributed by atoms with Crippen LogP contribution in [0.25, 0.3) is 0 Å². The summed E-state index contributed by atoms with van der Waals surface area (Å²) in [6.45, 7) is 5.02. The number of benzene rings is 2. The number of imide groups is 1. The van der Waals surface area contributed by atoms with Crippen LogP contribution in [0.3, 0.4) is 0 Å². The van der Waals surface area contributed by atoms with Crippen LogP contribution in [0.2, 0.25) is 5.02 Å². The smallest absolute Gasteiger partial charge is 0.417 e. The fraction of sp³-hybridized carbons (Fsp3) is 0.440. The summed E-state index contributed by atoms with van der Waals surface area (Å²) in [6.07, 6.45) is 1.39. The first-order chi connectivity index (χ1) is 14.8. The summed E-state index contributed by atoms with van der Waals surface area (Å²) in [4.78, 5) is 27.2.